The van der Waals surface area contributed by atoms with Crippen LogP contribution < -0.4 is 10.6 Å². The van der Waals surface area contributed by atoms with Crippen LogP contribution in [0.15, 0.2) is 22.7 Å². The molecule has 1 aromatic rings. The molecule has 0 aromatic heterocycles. The van der Waals surface area contributed by atoms with Gasteiger partial charge < -0.3 is 15.5 Å². The summed E-state index contributed by atoms with van der Waals surface area (Å²) < 4.78 is 1.04. The molecule has 2 rings (SSSR count). The number of halogens is 1. The molecule has 2 N–H and O–H groups in total. The molecule has 0 radical (unpaired) electrons. The highest BCUT2D eigenvalue weighted by molar-refractivity contribution is 9.10. The van der Waals surface area contributed by atoms with Gasteiger partial charge in [0.1, 0.15) is 0 Å². The van der Waals surface area contributed by atoms with Crippen molar-refractivity contribution in [1.29, 1.82) is 0 Å². The molecular formula is C14H20BrN3O. The van der Waals surface area contributed by atoms with E-state index in [9.17, 15) is 4.79 Å². The zero-order valence-corrected chi connectivity index (χ0v) is 13.0. The molecule has 1 aliphatic heterocycles. The van der Waals surface area contributed by atoms with Crippen LogP contribution in [0.3, 0.4) is 0 Å². The number of aryl methyl sites for hydroxylation is 1. The van der Waals surface area contributed by atoms with Crippen molar-refractivity contribution in [3.63, 3.8) is 0 Å². The van der Waals surface area contributed by atoms with Gasteiger partial charge >= 0.3 is 0 Å². The number of carbonyl (C=O) groups excluding carboxylic acids is 1. The number of amides is 1. The van der Waals surface area contributed by atoms with Crippen LogP contribution >= 0.6 is 15.9 Å². The zero-order valence-electron chi connectivity index (χ0n) is 11.4. The van der Waals surface area contributed by atoms with Crippen LogP contribution in [-0.4, -0.2) is 43.5 Å². The van der Waals surface area contributed by atoms with Crippen molar-refractivity contribution >= 4 is 27.5 Å². The predicted octanol–water partition coefficient (Wildman–Crippen LogP) is 1.75. The topological polar surface area (TPSA) is 49.6 Å². The molecule has 19 heavy (non-hydrogen) atoms. The Labute approximate surface area is 122 Å². The van der Waals surface area contributed by atoms with E-state index in [4.69, 9.17) is 5.73 Å². The fourth-order valence-electron chi connectivity index (χ4n) is 2.45. The van der Waals surface area contributed by atoms with Crippen LogP contribution in [0, 0.1) is 6.92 Å². The third kappa shape index (κ3) is 3.09. The first-order valence-corrected chi connectivity index (χ1v) is 7.29. The molecule has 4 nitrogen and oxygen atoms in total. The second kappa shape index (κ2) is 5.92. The summed E-state index contributed by atoms with van der Waals surface area (Å²) in [5, 5.41) is 0. The van der Waals surface area contributed by atoms with Gasteiger partial charge in [-0.05, 0) is 53.5 Å². The lowest BCUT2D eigenvalue weighted by atomic mass is 10.1. The van der Waals surface area contributed by atoms with Gasteiger partial charge in [-0.1, -0.05) is 6.07 Å². The average molecular weight is 326 g/mol. The first kappa shape index (κ1) is 14.3. The number of benzene rings is 1. The first-order chi connectivity index (χ1) is 9.02. The van der Waals surface area contributed by atoms with Gasteiger partial charge in [-0.3, -0.25) is 4.79 Å². The van der Waals surface area contributed by atoms with Gasteiger partial charge in [0, 0.05) is 18.1 Å². The first-order valence-electron chi connectivity index (χ1n) is 6.49. The lowest BCUT2D eigenvalue weighted by Crippen LogP contribution is -2.55. The fourth-order valence-corrected chi connectivity index (χ4v) is 3.19. The van der Waals surface area contributed by atoms with E-state index in [1.807, 2.05) is 11.9 Å². The van der Waals surface area contributed by atoms with Crippen molar-refractivity contribution in [2.75, 3.05) is 31.6 Å². The maximum absolute atomic E-state index is 12.1. The number of carbonyl (C=O) groups is 1. The largest absolute Gasteiger partial charge is 0.359 e. The van der Waals surface area contributed by atoms with E-state index in [-0.39, 0.29) is 11.9 Å². The van der Waals surface area contributed by atoms with E-state index < -0.39 is 0 Å². The molecule has 104 valence electrons. The van der Waals surface area contributed by atoms with E-state index in [0.29, 0.717) is 13.1 Å². The van der Waals surface area contributed by atoms with E-state index in [1.54, 1.807) is 0 Å². The lowest BCUT2D eigenvalue weighted by Gasteiger charge is -2.40. The summed E-state index contributed by atoms with van der Waals surface area (Å²) in [6.07, 6.45) is 0.836. The third-order valence-electron chi connectivity index (χ3n) is 3.64. The van der Waals surface area contributed by atoms with Crippen molar-refractivity contribution < 1.29 is 4.79 Å². The molecule has 1 aliphatic rings. The number of rotatable bonds is 3. The minimum Gasteiger partial charge on any atom is -0.359 e. The van der Waals surface area contributed by atoms with Crippen molar-refractivity contribution in [3.8, 4) is 0 Å². The van der Waals surface area contributed by atoms with Gasteiger partial charge in [-0.25, -0.2) is 0 Å². The molecule has 1 atom stereocenters. The van der Waals surface area contributed by atoms with Gasteiger partial charge in [-0.15, -0.1) is 0 Å². The number of likely N-dealkylation sites (N-methyl/N-ethyl adjacent to an activating group) is 1. The Kier molecular flexibility index (Phi) is 4.47. The zero-order chi connectivity index (χ0) is 14.0. The summed E-state index contributed by atoms with van der Waals surface area (Å²) in [5.41, 5.74) is 7.92. The van der Waals surface area contributed by atoms with Gasteiger partial charge in [0.05, 0.1) is 18.3 Å². The van der Waals surface area contributed by atoms with Crippen LogP contribution in [0.1, 0.15) is 12.0 Å². The average Bonchev–Trinajstić information content (AvgIpc) is 2.35. The molecule has 1 aromatic carbocycles. The Morgan fingerprint density at radius 3 is 2.84 bits per heavy atom. The van der Waals surface area contributed by atoms with Gasteiger partial charge in [0.25, 0.3) is 0 Å². The maximum Gasteiger partial charge on any atom is 0.242 e. The third-order valence-corrected chi connectivity index (χ3v) is 4.28. The van der Waals surface area contributed by atoms with Crippen molar-refractivity contribution in [2.45, 2.75) is 19.4 Å². The Bertz CT molecular complexity index is 478. The molecule has 0 spiro atoms. The second-order valence-electron chi connectivity index (χ2n) is 5.07. The minimum absolute atomic E-state index is 0.150. The monoisotopic (exact) mass is 325 g/mol. The molecule has 1 saturated heterocycles. The summed E-state index contributed by atoms with van der Waals surface area (Å²) in [6, 6.07) is 6.41. The van der Waals surface area contributed by atoms with E-state index in [0.717, 1.165) is 23.1 Å². The molecule has 1 fully saturated rings. The summed E-state index contributed by atoms with van der Waals surface area (Å²) in [7, 11) is 1.87. The fraction of sp³-hybridized carbons (Fsp3) is 0.500. The Morgan fingerprint density at radius 1 is 1.47 bits per heavy atom. The number of piperazine rings is 1. The Morgan fingerprint density at radius 2 is 2.21 bits per heavy atom. The molecular weight excluding hydrogens is 306 g/mol. The van der Waals surface area contributed by atoms with Crippen LogP contribution in [-0.2, 0) is 4.79 Å². The number of hydrogen-bond donors (Lipinski definition) is 1. The summed E-state index contributed by atoms with van der Waals surface area (Å²) in [5.74, 6) is 0.150. The molecule has 0 bridgehead atoms. The number of anilines is 1. The highest BCUT2D eigenvalue weighted by Crippen LogP contribution is 2.29. The maximum atomic E-state index is 12.1. The van der Waals surface area contributed by atoms with Gasteiger partial charge in [0.2, 0.25) is 5.91 Å². The standard InChI is InChI=1S/C14H20BrN3O/c1-10-3-4-13(12(15)7-10)18-8-11(5-6-16)17(2)14(19)9-18/h3-4,7,11H,5-6,8-9,16H2,1-2H3. The molecule has 5 heteroatoms. The molecule has 1 amide bonds. The SMILES string of the molecule is Cc1ccc(N2CC(=O)N(C)C(CCN)C2)c(Br)c1. The predicted molar refractivity (Wildman–Crippen MR) is 81.3 cm³/mol. The minimum atomic E-state index is 0.150. The highest BCUT2D eigenvalue weighted by atomic mass is 79.9. The van der Waals surface area contributed by atoms with Gasteiger partial charge in [-0.2, -0.15) is 0 Å². The van der Waals surface area contributed by atoms with Crippen LogP contribution in [0.25, 0.3) is 0 Å². The summed E-state index contributed by atoms with van der Waals surface area (Å²) in [4.78, 5) is 16.0. The van der Waals surface area contributed by atoms with E-state index in [1.165, 1.54) is 5.56 Å². The smallest absolute Gasteiger partial charge is 0.242 e. The number of hydrogen-bond acceptors (Lipinski definition) is 3. The number of nitrogens with two attached hydrogens (primary N) is 1. The molecule has 0 saturated carbocycles. The molecule has 0 aliphatic carbocycles. The van der Waals surface area contributed by atoms with Crippen LogP contribution in [0.4, 0.5) is 5.69 Å². The van der Waals surface area contributed by atoms with E-state index >= 15 is 0 Å². The quantitative estimate of drug-likeness (QED) is 0.921. The Hall–Kier alpha value is -1.07. The second-order valence-corrected chi connectivity index (χ2v) is 5.93. The normalized spacial score (nSPS) is 20.0. The van der Waals surface area contributed by atoms with Crippen molar-refractivity contribution in [3.05, 3.63) is 28.2 Å². The van der Waals surface area contributed by atoms with Crippen LogP contribution in [0.2, 0.25) is 0 Å². The van der Waals surface area contributed by atoms with Crippen molar-refractivity contribution in [2.24, 2.45) is 5.73 Å². The number of nitrogens with zero attached hydrogens (tertiary/aromatic N) is 2. The molecule has 1 unspecified atom stereocenters. The highest BCUT2D eigenvalue weighted by Gasteiger charge is 2.30. The van der Waals surface area contributed by atoms with Gasteiger partial charge in [0.15, 0.2) is 0 Å². The van der Waals surface area contributed by atoms with Crippen LogP contribution in [0.5, 0.6) is 0 Å². The summed E-state index contributed by atoms with van der Waals surface area (Å²) in [6.45, 7) is 3.92. The Balaban J connectivity index is 2.22. The lowest BCUT2D eigenvalue weighted by molar-refractivity contribution is -0.132. The summed E-state index contributed by atoms with van der Waals surface area (Å²) >= 11 is 3.59. The molecule has 1 heterocycles. The van der Waals surface area contributed by atoms with E-state index in [2.05, 4.69) is 46.0 Å². The van der Waals surface area contributed by atoms with Crippen molar-refractivity contribution in [1.82, 2.24) is 4.90 Å².